The van der Waals surface area contributed by atoms with Crippen molar-refractivity contribution in [2.75, 3.05) is 27.2 Å². The number of esters is 1. The molecule has 0 aromatic heterocycles. The van der Waals surface area contributed by atoms with Gasteiger partial charge in [-0.25, -0.2) is 0 Å². The Morgan fingerprint density at radius 3 is 2.35 bits per heavy atom. The van der Waals surface area contributed by atoms with Crippen LogP contribution in [-0.2, 0) is 9.53 Å². The Morgan fingerprint density at radius 2 is 1.85 bits per heavy atom. The Labute approximate surface area is 126 Å². The summed E-state index contributed by atoms with van der Waals surface area (Å²) >= 11 is 0. The van der Waals surface area contributed by atoms with E-state index in [1.807, 2.05) is 37.4 Å². The number of ether oxygens (including phenoxy) is 1. The highest BCUT2D eigenvalue weighted by Gasteiger charge is 2.44. The topological polar surface area (TPSA) is 49.8 Å². The molecule has 0 saturated carbocycles. The first-order valence-corrected chi connectivity index (χ1v) is 6.60. The number of methoxy groups -OCH3 is 1. The number of carbonyl (C=O) groups is 1. The van der Waals surface area contributed by atoms with Gasteiger partial charge in [-0.15, -0.1) is 12.4 Å². The number of carbonyl (C=O) groups excluding carboxylic acids is 1. The molecule has 0 aliphatic carbocycles. The third-order valence-electron chi connectivity index (χ3n) is 3.96. The molecule has 1 fully saturated rings. The maximum atomic E-state index is 12.1. The quantitative estimate of drug-likeness (QED) is 0.865. The smallest absolute Gasteiger partial charge is 0.316 e. The van der Waals surface area contributed by atoms with Gasteiger partial charge in [0.1, 0.15) is 5.92 Å². The third-order valence-corrected chi connectivity index (χ3v) is 3.96. The Kier molecular flexibility index (Phi) is 5.99. The van der Waals surface area contributed by atoms with Gasteiger partial charge in [-0.1, -0.05) is 30.3 Å². The first-order chi connectivity index (χ1) is 9.07. The minimum absolute atomic E-state index is 0. The molecule has 112 valence electrons. The van der Waals surface area contributed by atoms with Crippen LogP contribution in [0.25, 0.3) is 0 Å². The van der Waals surface area contributed by atoms with Crippen LogP contribution in [0.3, 0.4) is 0 Å². The summed E-state index contributed by atoms with van der Waals surface area (Å²) in [4.78, 5) is 14.3. The van der Waals surface area contributed by atoms with E-state index in [-0.39, 0.29) is 18.4 Å². The molecule has 4 nitrogen and oxygen atoms in total. The Morgan fingerprint density at radius 1 is 1.30 bits per heavy atom. The van der Waals surface area contributed by atoms with E-state index in [0.717, 1.165) is 18.7 Å². The number of rotatable bonds is 3. The Balaban J connectivity index is 0.00000200. The van der Waals surface area contributed by atoms with Crippen molar-refractivity contribution in [2.24, 2.45) is 0 Å². The number of piperidine rings is 1. The lowest BCUT2D eigenvalue weighted by atomic mass is 9.76. The zero-order valence-electron chi connectivity index (χ0n) is 11.9. The average Bonchev–Trinajstić information content (AvgIpc) is 2.43. The summed E-state index contributed by atoms with van der Waals surface area (Å²) in [7, 11) is 3.39. The molecule has 1 aromatic rings. The van der Waals surface area contributed by atoms with Crippen molar-refractivity contribution in [2.45, 2.75) is 24.4 Å². The van der Waals surface area contributed by atoms with Crippen molar-refractivity contribution in [3.8, 4) is 0 Å². The second-order valence-corrected chi connectivity index (χ2v) is 5.27. The van der Waals surface area contributed by atoms with E-state index in [1.165, 1.54) is 7.11 Å². The number of nitrogens with zero attached hydrogens (tertiary/aromatic N) is 1. The van der Waals surface area contributed by atoms with Gasteiger partial charge in [-0.3, -0.25) is 4.79 Å². The summed E-state index contributed by atoms with van der Waals surface area (Å²) < 4.78 is 4.90. The van der Waals surface area contributed by atoms with Gasteiger partial charge in [-0.05, 0) is 25.5 Å². The predicted octanol–water partition coefficient (Wildman–Crippen LogP) is 1.82. The molecule has 2 rings (SSSR count). The second-order valence-electron chi connectivity index (χ2n) is 5.27. The van der Waals surface area contributed by atoms with E-state index in [2.05, 4.69) is 4.90 Å². The van der Waals surface area contributed by atoms with E-state index in [0.29, 0.717) is 12.8 Å². The molecule has 1 N–H and O–H groups in total. The van der Waals surface area contributed by atoms with Crippen LogP contribution in [0.2, 0.25) is 0 Å². The summed E-state index contributed by atoms with van der Waals surface area (Å²) in [6, 6.07) is 9.40. The molecule has 1 aliphatic heterocycles. The molecule has 0 spiro atoms. The van der Waals surface area contributed by atoms with Gasteiger partial charge in [0.05, 0.1) is 12.7 Å². The van der Waals surface area contributed by atoms with E-state index in [9.17, 15) is 9.90 Å². The van der Waals surface area contributed by atoms with Crippen molar-refractivity contribution >= 4 is 18.4 Å². The molecule has 1 atom stereocenters. The summed E-state index contributed by atoms with van der Waals surface area (Å²) in [5, 5.41) is 10.9. The van der Waals surface area contributed by atoms with E-state index >= 15 is 0 Å². The monoisotopic (exact) mass is 299 g/mol. The van der Waals surface area contributed by atoms with Gasteiger partial charge in [0.25, 0.3) is 0 Å². The molecular formula is C15H22ClNO3. The highest BCUT2D eigenvalue weighted by Crippen LogP contribution is 2.37. The van der Waals surface area contributed by atoms with Crippen LogP contribution in [0.15, 0.2) is 30.3 Å². The second kappa shape index (κ2) is 7.07. The van der Waals surface area contributed by atoms with Gasteiger partial charge in [0.2, 0.25) is 0 Å². The normalized spacial score (nSPS) is 19.8. The van der Waals surface area contributed by atoms with Crippen LogP contribution < -0.4 is 0 Å². The van der Waals surface area contributed by atoms with Gasteiger partial charge in [-0.2, -0.15) is 0 Å². The van der Waals surface area contributed by atoms with Gasteiger partial charge < -0.3 is 14.7 Å². The lowest BCUT2D eigenvalue weighted by molar-refractivity contribution is -0.152. The van der Waals surface area contributed by atoms with Crippen molar-refractivity contribution < 1.29 is 14.6 Å². The third kappa shape index (κ3) is 3.51. The number of benzene rings is 1. The fourth-order valence-corrected chi connectivity index (χ4v) is 2.72. The van der Waals surface area contributed by atoms with Crippen LogP contribution >= 0.6 is 12.4 Å². The molecule has 1 saturated heterocycles. The Bertz CT molecular complexity index is 430. The van der Waals surface area contributed by atoms with Crippen LogP contribution in [0.4, 0.5) is 0 Å². The SMILES string of the molecule is COC(=O)C(c1ccccc1)C1(O)CCN(C)CC1.Cl. The molecule has 5 heteroatoms. The van der Waals surface area contributed by atoms with Gasteiger partial charge >= 0.3 is 5.97 Å². The Hall–Kier alpha value is -1.10. The average molecular weight is 300 g/mol. The number of halogens is 1. The van der Waals surface area contributed by atoms with E-state index in [1.54, 1.807) is 0 Å². The minimum Gasteiger partial charge on any atom is -0.468 e. The lowest BCUT2D eigenvalue weighted by Gasteiger charge is -2.40. The fraction of sp³-hybridized carbons (Fsp3) is 0.533. The van der Waals surface area contributed by atoms with Crippen LogP contribution in [-0.4, -0.2) is 48.8 Å². The van der Waals surface area contributed by atoms with Crippen molar-refractivity contribution in [3.05, 3.63) is 35.9 Å². The number of hydrogen-bond donors (Lipinski definition) is 1. The molecule has 1 unspecified atom stereocenters. The summed E-state index contributed by atoms with van der Waals surface area (Å²) in [6.45, 7) is 1.58. The molecule has 1 aromatic carbocycles. The van der Waals surface area contributed by atoms with Crippen LogP contribution in [0.1, 0.15) is 24.3 Å². The standard InChI is InChI=1S/C15H21NO3.ClH/c1-16-10-8-15(18,9-11-16)13(14(17)19-2)12-6-4-3-5-7-12;/h3-7,13,18H,8-11H2,1-2H3;1H. The van der Waals surface area contributed by atoms with Crippen LogP contribution in [0, 0.1) is 0 Å². The first kappa shape index (κ1) is 17.0. The minimum atomic E-state index is -1.01. The summed E-state index contributed by atoms with van der Waals surface area (Å²) in [5.41, 5.74) is -0.192. The summed E-state index contributed by atoms with van der Waals surface area (Å²) in [6.07, 6.45) is 1.16. The zero-order valence-corrected chi connectivity index (χ0v) is 12.7. The highest BCUT2D eigenvalue weighted by molar-refractivity contribution is 5.85. The fourth-order valence-electron chi connectivity index (χ4n) is 2.72. The molecule has 0 amide bonds. The first-order valence-electron chi connectivity index (χ1n) is 6.60. The molecule has 1 heterocycles. The van der Waals surface area contributed by atoms with Crippen LogP contribution in [0.5, 0.6) is 0 Å². The van der Waals surface area contributed by atoms with Gasteiger partial charge in [0, 0.05) is 13.1 Å². The zero-order chi connectivity index (χ0) is 13.9. The number of likely N-dealkylation sites (tertiary alicyclic amines) is 1. The predicted molar refractivity (Wildman–Crippen MR) is 80.1 cm³/mol. The maximum Gasteiger partial charge on any atom is 0.316 e. The largest absolute Gasteiger partial charge is 0.468 e. The summed E-state index contributed by atoms with van der Waals surface area (Å²) in [5.74, 6) is -0.967. The molecular weight excluding hydrogens is 278 g/mol. The van der Waals surface area contributed by atoms with E-state index in [4.69, 9.17) is 4.74 Å². The highest BCUT2D eigenvalue weighted by atomic mass is 35.5. The number of aliphatic hydroxyl groups is 1. The molecule has 0 radical (unpaired) electrons. The molecule has 1 aliphatic rings. The maximum absolute atomic E-state index is 12.1. The van der Waals surface area contributed by atoms with E-state index < -0.39 is 11.5 Å². The van der Waals surface area contributed by atoms with Crippen molar-refractivity contribution in [1.29, 1.82) is 0 Å². The van der Waals surface area contributed by atoms with Crippen molar-refractivity contribution in [1.82, 2.24) is 4.90 Å². The van der Waals surface area contributed by atoms with Gasteiger partial charge in [0.15, 0.2) is 0 Å². The van der Waals surface area contributed by atoms with Crippen molar-refractivity contribution in [3.63, 3.8) is 0 Å². The molecule has 0 bridgehead atoms. The lowest BCUT2D eigenvalue weighted by Crippen LogP contribution is -2.49. The molecule has 20 heavy (non-hydrogen) atoms. The number of hydrogen-bond acceptors (Lipinski definition) is 4.